The van der Waals surface area contributed by atoms with Crippen molar-refractivity contribution in [3.05, 3.63) is 64.5 Å². The molecule has 1 aliphatic rings. The van der Waals surface area contributed by atoms with Gasteiger partial charge in [-0.15, -0.1) is 12.4 Å². The first-order chi connectivity index (χ1) is 11.8. The third-order valence-electron chi connectivity index (χ3n) is 4.07. The van der Waals surface area contributed by atoms with Gasteiger partial charge in [0.05, 0.1) is 11.4 Å². The number of amides is 1. The second kappa shape index (κ2) is 8.16. The molecule has 0 fully saturated rings. The molecule has 0 saturated heterocycles. The summed E-state index contributed by atoms with van der Waals surface area (Å²) in [7, 11) is -3.19. The lowest BCUT2D eigenvalue weighted by molar-refractivity contribution is 0.102. The van der Waals surface area contributed by atoms with Crippen molar-refractivity contribution in [1.82, 2.24) is 5.32 Å². The number of rotatable bonds is 4. The summed E-state index contributed by atoms with van der Waals surface area (Å²) >= 11 is 0. The average molecular weight is 399 g/mol. The molecule has 1 aliphatic heterocycles. The molecule has 0 radical (unpaired) electrons. The molecule has 0 unspecified atom stereocenters. The Morgan fingerprint density at radius 3 is 2.77 bits per heavy atom. The van der Waals surface area contributed by atoms with Gasteiger partial charge in [0.25, 0.3) is 5.91 Å². The fourth-order valence-electron chi connectivity index (χ4n) is 2.93. The van der Waals surface area contributed by atoms with Crippen LogP contribution in [0.2, 0.25) is 0 Å². The summed E-state index contributed by atoms with van der Waals surface area (Å²) in [6.45, 7) is 1.32. The molecule has 2 N–H and O–H groups in total. The van der Waals surface area contributed by atoms with E-state index in [1.807, 2.05) is 0 Å². The number of benzene rings is 2. The zero-order valence-electron chi connectivity index (χ0n) is 14.2. The number of halogens is 2. The van der Waals surface area contributed by atoms with Gasteiger partial charge in [-0.05, 0) is 47.9 Å². The third kappa shape index (κ3) is 4.81. The van der Waals surface area contributed by atoms with E-state index in [1.54, 1.807) is 30.3 Å². The molecule has 0 atom stereocenters. The van der Waals surface area contributed by atoms with Crippen LogP contribution in [-0.2, 0) is 28.6 Å². The number of carbonyl (C=O) groups excluding carboxylic acids is 1. The lowest BCUT2D eigenvalue weighted by Gasteiger charge is -2.19. The average Bonchev–Trinajstić information content (AvgIpc) is 2.56. The van der Waals surface area contributed by atoms with Gasteiger partial charge in [-0.1, -0.05) is 18.2 Å². The number of hydrogen-bond donors (Lipinski definition) is 2. The molecule has 0 aromatic heterocycles. The second-order valence-electron chi connectivity index (χ2n) is 6.22. The minimum atomic E-state index is -3.19. The zero-order valence-corrected chi connectivity index (χ0v) is 15.8. The van der Waals surface area contributed by atoms with Gasteiger partial charge in [-0.25, -0.2) is 12.8 Å². The Kier molecular flexibility index (Phi) is 6.39. The van der Waals surface area contributed by atoms with Crippen LogP contribution in [0.25, 0.3) is 0 Å². The molecule has 1 heterocycles. The SMILES string of the molecule is CS(=O)(=O)Cc1cccc(C(=O)Nc2ccc3c(c2F)CCNC3)c1.Cl. The summed E-state index contributed by atoms with van der Waals surface area (Å²) in [5.41, 5.74) is 2.48. The fraction of sp³-hybridized carbons (Fsp3) is 0.278. The summed E-state index contributed by atoms with van der Waals surface area (Å²) in [5.74, 6) is -1.02. The van der Waals surface area contributed by atoms with Crippen molar-refractivity contribution in [2.45, 2.75) is 18.7 Å². The molecular formula is C18H20ClFN2O3S. The summed E-state index contributed by atoms with van der Waals surface area (Å²) in [4.78, 5) is 12.4. The summed E-state index contributed by atoms with van der Waals surface area (Å²) in [6, 6.07) is 9.70. The van der Waals surface area contributed by atoms with Crippen molar-refractivity contribution in [1.29, 1.82) is 0 Å². The van der Waals surface area contributed by atoms with E-state index in [9.17, 15) is 17.6 Å². The molecule has 0 spiro atoms. The van der Waals surface area contributed by atoms with E-state index in [0.717, 1.165) is 11.8 Å². The van der Waals surface area contributed by atoms with Crippen molar-refractivity contribution >= 4 is 33.8 Å². The highest BCUT2D eigenvalue weighted by atomic mass is 35.5. The number of anilines is 1. The van der Waals surface area contributed by atoms with Gasteiger partial charge in [-0.3, -0.25) is 4.79 Å². The fourth-order valence-corrected chi connectivity index (χ4v) is 3.71. The Balaban J connectivity index is 0.00000243. The van der Waals surface area contributed by atoms with E-state index in [1.165, 1.54) is 6.07 Å². The first kappa shape index (κ1) is 20.4. The predicted octanol–water partition coefficient (Wildman–Crippen LogP) is 2.69. The highest BCUT2D eigenvalue weighted by molar-refractivity contribution is 7.89. The van der Waals surface area contributed by atoms with Crippen molar-refractivity contribution in [3.63, 3.8) is 0 Å². The molecule has 0 aliphatic carbocycles. The first-order valence-electron chi connectivity index (χ1n) is 7.92. The van der Waals surface area contributed by atoms with Crippen molar-refractivity contribution in [3.8, 4) is 0 Å². The molecule has 0 bridgehead atoms. The Hall–Kier alpha value is -1.96. The van der Waals surface area contributed by atoms with Gasteiger partial charge >= 0.3 is 0 Å². The van der Waals surface area contributed by atoms with Crippen LogP contribution >= 0.6 is 12.4 Å². The second-order valence-corrected chi connectivity index (χ2v) is 8.36. The maximum atomic E-state index is 14.6. The molecule has 26 heavy (non-hydrogen) atoms. The third-order valence-corrected chi connectivity index (χ3v) is 4.93. The van der Waals surface area contributed by atoms with Crippen LogP contribution < -0.4 is 10.6 Å². The maximum Gasteiger partial charge on any atom is 0.255 e. The van der Waals surface area contributed by atoms with Crippen molar-refractivity contribution in [2.75, 3.05) is 18.1 Å². The largest absolute Gasteiger partial charge is 0.319 e. The monoisotopic (exact) mass is 398 g/mol. The summed E-state index contributed by atoms with van der Waals surface area (Å²) in [5, 5.41) is 5.76. The predicted molar refractivity (Wildman–Crippen MR) is 102 cm³/mol. The lowest BCUT2D eigenvalue weighted by Crippen LogP contribution is -2.25. The van der Waals surface area contributed by atoms with Gasteiger partial charge in [-0.2, -0.15) is 0 Å². The van der Waals surface area contributed by atoms with E-state index in [-0.39, 0.29) is 23.8 Å². The number of sulfone groups is 1. The summed E-state index contributed by atoms with van der Waals surface area (Å²) in [6.07, 6.45) is 1.71. The molecule has 0 saturated carbocycles. The van der Waals surface area contributed by atoms with Crippen LogP contribution in [0.5, 0.6) is 0 Å². The Morgan fingerprint density at radius 2 is 2.04 bits per heavy atom. The van der Waals surface area contributed by atoms with E-state index in [2.05, 4.69) is 10.6 Å². The molecule has 2 aromatic carbocycles. The number of nitrogens with one attached hydrogen (secondary N) is 2. The van der Waals surface area contributed by atoms with Gasteiger partial charge in [0.15, 0.2) is 9.84 Å². The van der Waals surface area contributed by atoms with Crippen LogP contribution in [0, 0.1) is 5.82 Å². The number of hydrogen-bond acceptors (Lipinski definition) is 4. The van der Waals surface area contributed by atoms with E-state index in [0.29, 0.717) is 36.2 Å². The molecule has 1 amide bonds. The first-order valence-corrected chi connectivity index (χ1v) is 9.98. The minimum Gasteiger partial charge on any atom is -0.319 e. The molecular weight excluding hydrogens is 379 g/mol. The normalized spacial score (nSPS) is 13.5. The minimum absolute atomic E-state index is 0. The topological polar surface area (TPSA) is 75.3 Å². The zero-order chi connectivity index (χ0) is 18.0. The standard InChI is InChI=1S/C18H19FN2O3S.ClH/c1-25(23,24)11-12-3-2-4-13(9-12)18(22)21-16-6-5-14-10-20-8-7-15(14)17(16)19;/h2-6,9,20H,7-8,10-11H2,1H3,(H,21,22);1H. The Bertz CT molecular complexity index is 932. The quantitative estimate of drug-likeness (QED) is 0.830. The molecule has 140 valence electrons. The maximum absolute atomic E-state index is 14.6. The van der Waals surface area contributed by atoms with E-state index < -0.39 is 21.6 Å². The molecule has 3 rings (SSSR count). The lowest BCUT2D eigenvalue weighted by atomic mass is 9.99. The smallest absolute Gasteiger partial charge is 0.255 e. The van der Waals surface area contributed by atoms with E-state index >= 15 is 0 Å². The Morgan fingerprint density at radius 1 is 1.27 bits per heavy atom. The summed E-state index contributed by atoms with van der Waals surface area (Å²) < 4.78 is 37.4. The number of carbonyl (C=O) groups is 1. The van der Waals surface area contributed by atoms with Gasteiger partial charge in [0.2, 0.25) is 0 Å². The Labute approximate surface area is 158 Å². The highest BCUT2D eigenvalue weighted by Gasteiger charge is 2.18. The number of fused-ring (bicyclic) bond motifs is 1. The van der Waals surface area contributed by atoms with Crippen molar-refractivity contribution in [2.24, 2.45) is 0 Å². The van der Waals surface area contributed by atoms with Crippen LogP contribution in [0.15, 0.2) is 36.4 Å². The van der Waals surface area contributed by atoms with Crippen LogP contribution in [0.4, 0.5) is 10.1 Å². The van der Waals surface area contributed by atoms with Crippen LogP contribution in [0.1, 0.15) is 27.0 Å². The van der Waals surface area contributed by atoms with Gasteiger partial charge in [0, 0.05) is 18.4 Å². The highest BCUT2D eigenvalue weighted by Crippen LogP contribution is 2.25. The van der Waals surface area contributed by atoms with Gasteiger partial charge < -0.3 is 10.6 Å². The van der Waals surface area contributed by atoms with Crippen LogP contribution in [-0.4, -0.2) is 27.1 Å². The molecule has 2 aromatic rings. The molecule has 5 nitrogen and oxygen atoms in total. The van der Waals surface area contributed by atoms with Crippen molar-refractivity contribution < 1.29 is 17.6 Å². The van der Waals surface area contributed by atoms with Crippen LogP contribution in [0.3, 0.4) is 0 Å². The molecule has 8 heteroatoms. The van der Waals surface area contributed by atoms with E-state index in [4.69, 9.17) is 0 Å². The van der Waals surface area contributed by atoms with Gasteiger partial charge in [0.1, 0.15) is 5.82 Å².